The van der Waals surface area contributed by atoms with Gasteiger partial charge in [0.25, 0.3) is 27.7 Å². The molecule has 0 saturated heterocycles. The van der Waals surface area contributed by atoms with Crippen LogP contribution in [0.5, 0.6) is 0 Å². The Hall–Kier alpha value is -4.58. The maximum Gasteiger partial charge on any atom is 0.325 e. The number of sulfonamides is 1. The molecule has 37 heavy (non-hydrogen) atoms. The largest absolute Gasteiger partial charge is 0.460 e. The van der Waals surface area contributed by atoms with E-state index in [1.807, 2.05) is 22.9 Å². The first-order valence-electron chi connectivity index (χ1n) is 11.1. The van der Waals surface area contributed by atoms with E-state index in [1.165, 1.54) is 36.4 Å². The van der Waals surface area contributed by atoms with Crippen LogP contribution in [0.1, 0.15) is 43.7 Å². The van der Waals surface area contributed by atoms with Crippen LogP contribution in [0.25, 0.3) is 0 Å². The number of rotatable bonds is 10. The van der Waals surface area contributed by atoms with E-state index in [0.29, 0.717) is 6.54 Å². The molecule has 0 aliphatic rings. The highest BCUT2D eigenvalue weighted by Gasteiger charge is 2.20. The lowest BCUT2D eigenvalue weighted by Gasteiger charge is -2.09. The topological polar surface area (TPSA) is 161 Å². The van der Waals surface area contributed by atoms with E-state index < -0.39 is 27.8 Å². The molecule has 3 rings (SSSR count). The number of carbonyl (C=O) groups is 4. The quantitative estimate of drug-likeness (QED) is 0.336. The minimum atomic E-state index is -4.22. The number of hydrogen-bond acceptors (Lipinski definition) is 8. The zero-order valence-electron chi connectivity index (χ0n) is 19.8. The molecule has 0 saturated carbocycles. The average Bonchev–Trinajstić information content (AvgIpc) is 2.91. The summed E-state index contributed by atoms with van der Waals surface area (Å²) in [6.45, 7) is 1.86. The molecule has 0 bridgehead atoms. The maximum absolute atomic E-state index is 12.5. The van der Waals surface area contributed by atoms with E-state index in [4.69, 9.17) is 4.74 Å². The predicted octanol–water partition coefficient (Wildman–Crippen LogP) is 1.42. The first-order chi connectivity index (χ1) is 17.7. The second-order valence-electron chi connectivity index (χ2n) is 7.58. The van der Waals surface area contributed by atoms with Gasteiger partial charge in [-0.2, -0.15) is 0 Å². The molecule has 2 aromatic carbocycles. The summed E-state index contributed by atoms with van der Waals surface area (Å²) in [7, 11) is -4.22. The first kappa shape index (κ1) is 27.0. The molecule has 192 valence electrons. The van der Waals surface area contributed by atoms with Gasteiger partial charge >= 0.3 is 5.97 Å². The molecule has 0 fully saturated rings. The van der Waals surface area contributed by atoms with Crippen molar-refractivity contribution in [2.75, 3.05) is 13.1 Å². The maximum atomic E-state index is 12.5. The van der Waals surface area contributed by atoms with Crippen LogP contribution in [-0.2, 0) is 26.2 Å². The Morgan fingerprint density at radius 1 is 0.811 bits per heavy atom. The predicted molar refractivity (Wildman–Crippen MR) is 132 cm³/mol. The van der Waals surface area contributed by atoms with E-state index in [9.17, 15) is 27.6 Å². The van der Waals surface area contributed by atoms with Crippen LogP contribution in [0, 0.1) is 0 Å². The van der Waals surface area contributed by atoms with Gasteiger partial charge in [-0.05, 0) is 48.9 Å². The lowest BCUT2D eigenvalue weighted by Crippen LogP contribution is -2.32. The summed E-state index contributed by atoms with van der Waals surface area (Å²) in [5, 5.41) is 4.96. The summed E-state index contributed by atoms with van der Waals surface area (Å²) >= 11 is 0. The summed E-state index contributed by atoms with van der Waals surface area (Å²) < 4.78 is 32.0. The minimum Gasteiger partial charge on any atom is -0.460 e. The number of nitrogens with one attached hydrogen (secondary N) is 3. The Labute approximate surface area is 213 Å². The fourth-order valence-corrected chi connectivity index (χ4v) is 3.96. The number of aromatic nitrogens is 1. The SMILES string of the molecule is CCNC(=O)c1ccc(S(=O)(=O)NC(=O)c2ccc(C(=O)NCC(=O)OCc3ccccc3)nc2)cc1. The summed E-state index contributed by atoms with van der Waals surface area (Å²) in [5.41, 5.74) is 0.878. The molecule has 11 nitrogen and oxygen atoms in total. The van der Waals surface area contributed by atoms with Crippen molar-refractivity contribution in [3.63, 3.8) is 0 Å². The highest BCUT2D eigenvalue weighted by molar-refractivity contribution is 7.90. The fourth-order valence-electron chi connectivity index (χ4n) is 2.98. The number of pyridine rings is 1. The molecule has 0 radical (unpaired) electrons. The fraction of sp³-hybridized carbons (Fsp3) is 0.160. The number of amides is 3. The molecule has 3 N–H and O–H groups in total. The van der Waals surface area contributed by atoms with Crippen LogP contribution in [0.2, 0.25) is 0 Å². The van der Waals surface area contributed by atoms with Crippen molar-refractivity contribution >= 4 is 33.7 Å². The van der Waals surface area contributed by atoms with Crippen molar-refractivity contribution in [1.29, 1.82) is 0 Å². The van der Waals surface area contributed by atoms with E-state index in [2.05, 4.69) is 15.6 Å². The molecular formula is C25H24N4O7S. The third-order valence-electron chi connectivity index (χ3n) is 4.89. The molecule has 3 amide bonds. The van der Waals surface area contributed by atoms with Crippen molar-refractivity contribution in [3.05, 3.63) is 95.3 Å². The molecule has 0 atom stereocenters. The number of carbonyl (C=O) groups excluding carboxylic acids is 4. The van der Waals surface area contributed by atoms with E-state index in [0.717, 1.165) is 11.8 Å². The van der Waals surface area contributed by atoms with Gasteiger partial charge < -0.3 is 15.4 Å². The van der Waals surface area contributed by atoms with Crippen molar-refractivity contribution in [3.8, 4) is 0 Å². The van der Waals surface area contributed by atoms with Crippen molar-refractivity contribution in [2.24, 2.45) is 0 Å². The third kappa shape index (κ3) is 7.70. The summed E-state index contributed by atoms with van der Waals surface area (Å²) in [6, 6.07) is 16.5. The molecule has 0 aliphatic heterocycles. The number of benzene rings is 2. The standard InChI is InChI=1S/C25H24N4O7S/c1-2-26-23(31)18-8-11-20(12-9-18)37(34,35)29-24(32)19-10-13-21(27-14-19)25(33)28-15-22(30)36-16-17-6-4-3-5-7-17/h3-14H,2,15-16H2,1H3,(H,26,31)(H,28,33)(H,29,32). The zero-order chi connectivity index (χ0) is 26.8. The van der Waals surface area contributed by atoms with Gasteiger partial charge in [-0.15, -0.1) is 0 Å². The molecule has 1 aromatic heterocycles. The molecule has 3 aromatic rings. The van der Waals surface area contributed by atoms with E-state index in [1.54, 1.807) is 19.1 Å². The summed E-state index contributed by atoms with van der Waals surface area (Å²) in [4.78, 5) is 52.0. The monoisotopic (exact) mass is 524 g/mol. The van der Waals surface area contributed by atoms with Gasteiger partial charge in [-0.1, -0.05) is 30.3 Å². The van der Waals surface area contributed by atoms with Gasteiger partial charge in [0.1, 0.15) is 18.8 Å². The van der Waals surface area contributed by atoms with Crippen LogP contribution >= 0.6 is 0 Å². The van der Waals surface area contributed by atoms with Crippen LogP contribution in [-0.4, -0.2) is 50.2 Å². The Morgan fingerprint density at radius 2 is 1.49 bits per heavy atom. The Balaban J connectivity index is 1.53. The molecular weight excluding hydrogens is 500 g/mol. The second-order valence-corrected chi connectivity index (χ2v) is 9.26. The van der Waals surface area contributed by atoms with Gasteiger partial charge in [0, 0.05) is 18.3 Å². The highest BCUT2D eigenvalue weighted by atomic mass is 32.2. The van der Waals surface area contributed by atoms with E-state index in [-0.39, 0.29) is 40.8 Å². The first-order valence-corrected chi connectivity index (χ1v) is 12.6. The number of ether oxygens (including phenoxy) is 1. The number of esters is 1. The van der Waals surface area contributed by atoms with Gasteiger partial charge in [0.15, 0.2) is 0 Å². The van der Waals surface area contributed by atoms with Crippen LogP contribution < -0.4 is 15.4 Å². The summed E-state index contributed by atoms with van der Waals surface area (Å²) in [6.07, 6.45) is 1.03. The van der Waals surface area contributed by atoms with Crippen LogP contribution in [0.3, 0.4) is 0 Å². The minimum absolute atomic E-state index is 0.0683. The smallest absolute Gasteiger partial charge is 0.325 e. The summed E-state index contributed by atoms with van der Waals surface area (Å²) in [5.74, 6) is -2.63. The number of hydrogen-bond donors (Lipinski definition) is 3. The average molecular weight is 525 g/mol. The molecule has 0 aliphatic carbocycles. The van der Waals surface area contributed by atoms with Gasteiger partial charge in [0.05, 0.1) is 10.5 Å². The van der Waals surface area contributed by atoms with Gasteiger partial charge in [-0.25, -0.2) is 13.1 Å². The molecule has 0 spiro atoms. The van der Waals surface area contributed by atoms with Crippen molar-refractivity contribution in [2.45, 2.75) is 18.4 Å². The Morgan fingerprint density at radius 3 is 2.11 bits per heavy atom. The van der Waals surface area contributed by atoms with Crippen LogP contribution in [0.15, 0.2) is 77.8 Å². The Bertz CT molecular complexity index is 1370. The van der Waals surface area contributed by atoms with E-state index >= 15 is 0 Å². The third-order valence-corrected chi connectivity index (χ3v) is 6.23. The highest BCUT2D eigenvalue weighted by Crippen LogP contribution is 2.12. The van der Waals surface area contributed by atoms with Crippen molar-refractivity contribution in [1.82, 2.24) is 20.3 Å². The van der Waals surface area contributed by atoms with Crippen molar-refractivity contribution < 1.29 is 32.3 Å². The second kappa shape index (κ2) is 12.4. The molecule has 0 unspecified atom stereocenters. The molecule has 1 heterocycles. The lowest BCUT2D eigenvalue weighted by molar-refractivity contribution is -0.143. The van der Waals surface area contributed by atoms with Gasteiger partial charge in [-0.3, -0.25) is 24.2 Å². The lowest BCUT2D eigenvalue weighted by atomic mass is 10.2. The van der Waals surface area contributed by atoms with Crippen LogP contribution in [0.4, 0.5) is 0 Å². The number of nitrogens with zero attached hydrogens (tertiary/aromatic N) is 1. The normalized spacial score (nSPS) is 10.7. The van der Waals surface area contributed by atoms with Gasteiger partial charge in [0.2, 0.25) is 0 Å². The zero-order valence-corrected chi connectivity index (χ0v) is 20.6. The molecule has 12 heteroatoms. The Kier molecular flexibility index (Phi) is 9.05.